The summed E-state index contributed by atoms with van der Waals surface area (Å²) in [6.45, 7) is 2.50. The summed E-state index contributed by atoms with van der Waals surface area (Å²) in [5, 5.41) is 9.10. The standard InChI is InChI=1S/C25H20N4O2/c26-17-18-6-5-7-19(16-18)25(30)29-14-12-28(13-15-29)24-20-8-1-3-10-22(20)31-23-11-4-2-9-21(23)27-24/h1-11,16H,12-15H2. The summed E-state index contributed by atoms with van der Waals surface area (Å²) < 4.78 is 6.13. The first-order chi connectivity index (χ1) is 15.2. The van der Waals surface area contributed by atoms with E-state index in [4.69, 9.17) is 15.0 Å². The topological polar surface area (TPSA) is 68.9 Å². The minimum Gasteiger partial charge on any atom is -0.454 e. The molecule has 0 aromatic heterocycles. The quantitative estimate of drug-likeness (QED) is 0.605. The van der Waals surface area contributed by atoms with E-state index in [2.05, 4.69) is 11.0 Å². The van der Waals surface area contributed by atoms with Gasteiger partial charge in [0.2, 0.25) is 0 Å². The van der Waals surface area contributed by atoms with E-state index in [1.165, 1.54) is 0 Å². The highest BCUT2D eigenvalue weighted by Crippen LogP contribution is 2.37. The lowest BCUT2D eigenvalue weighted by Gasteiger charge is -2.36. The number of nitriles is 1. The molecule has 0 bridgehead atoms. The van der Waals surface area contributed by atoms with E-state index in [0.717, 1.165) is 28.6 Å². The highest BCUT2D eigenvalue weighted by Gasteiger charge is 2.27. The lowest BCUT2D eigenvalue weighted by molar-refractivity contribution is 0.0692. The molecule has 0 spiro atoms. The Hall–Kier alpha value is -4.11. The summed E-state index contributed by atoms with van der Waals surface area (Å²) in [5.74, 6) is 2.32. The minimum atomic E-state index is -0.0476. The summed E-state index contributed by atoms with van der Waals surface area (Å²) in [5.41, 5.74) is 2.78. The van der Waals surface area contributed by atoms with Crippen LogP contribution in [-0.4, -0.2) is 47.7 Å². The zero-order valence-electron chi connectivity index (χ0n) is 16.9. The number of amides is 1. The number of para-hydroxylation sites is 3. The Morgan fingerprint density at radius 1 is 0.903 bits per heavy atom. The Labute approximate surface area is 180 Å². The van der Waals surface area contributed by atoms with Crippen LogP contribution in [0.2, 0.25) is 0 Å². The molecular formula is C25H20N4O2. The molecule has 0 saturated carbocycles. The molecule has 2 heterocycles. The molecule has 0 unspecified atom stereocenters. The van der Waals surface area contributed by atoms with E-state index in [9.17, 15) is 4.79 Å². The average Bonchev–Trinajstić information content (AvgIpc) is 3.00. The fourth-order valence-corrected chi connectivity index (χ4v) is 3.94. The van der Waals surface area contributed by atoms with Gasteiger partial charge in [-0.15, -0.1) is 0 Å². The van der Waals surface area contributed by atoms with Crippen molar-refractivity contribution < 1.29 is 9.53 Å². The Kier molecular flexibility index (Phi) is 4.85. The third-order valence-corrected chi connectivity index (χ3v) is 5.54. The molecule has 3 aromatic carbocycles. The Bertz CT molecular complexity index is 1220. The number of carbonyl (C=O) groups is 1. The van der Waals surface area contributed by atoms with Crippen molar-refractivity contribution >= 4 is 17.4 Å². The van der Waals surface area contributed by atoms with Crippen molar-refractivity contribution in [3.8, 4) is 17.6 Å². The van der Waals surface area contributed by atoms with E-state index in [1.54, 1.807) is 24.3 Å². The van der Waals surface area contributed by atoms with Gasteiger partial charge in [-0.25, -0.2) is 4.99 Å². The van der Waals surface area contributed by atoms with Crippen molar-refractivity contribution in [2.75, 3.05) is 26.2 Å². The van der Waals surface area contributed by atoms with Gasteiger partial charge in [0, 0.05) is 31.7 Å². The van der Waals surface area contributed by atoms with Gasteiger partial charge in [-0.2, -0.15) is 5.26 Å². The Morgan fingerprint density at radius 2 is 1.65 bits per heavy atom. The van der Waals surface area contributed by atoms with Crippen LogP contribution in [0.4, 0.5) is 5.69 Å². The van der Waals surface area contributed by atoms with Crippen LogP contribution in [0, 0.1) is 11.3 Å². The zero-order valence-corrected chi connectivity index (χ0v) is 16.9. The number of aliphatic imine (C=N–C) groups is 1. The number of hydrogen-bond donors (Lipinski definition) is 0. The zero-order chi connectivity index (χ0) is 21.2. The molecule has 31 heavy (non-hydrogen) atoms. The fourth-order valence-electron chi connectivity index (χ4n) is 3.94. The average molecular weight is 408 g/mol. The molecule has 1 saturated heterocycles. The Balaban J connectivity index is 1.39. The summed E-state index contributed by atoms with van der Waals surface area (Å²) >= 11 is 0. The molecule has 0 N–H and O–H groups in total. The van der Waals surface area contributed by atoms with Crippen molar-refractivity contribution in [1.82, 2.24) is 9.80 Å². The molecule has 1 fully saturated rings. The molecule has 2 aliphatic rings. The molecule has 0 atom stereocenters. The van der Waals surface area contributed by atoms with Gasteiger partial charge in [-0.1, -0.05) is 30.3 Å². The third kappa shape index (κ3) is 3.62. The predicted octanol–water partition coefficient (Wildman–Crippen LogP) is 4.20. The molecule has 0 radical (unpaired) electrons. The van der Waals surface area contributed by atoms with Crippen molar-refractivity contribution in [1.29, 1.82) is 5.26 Å². The molecule has 6 heteroatoms. The van der Waals surface area contributed by atoms with E-state index in [1.807, 2.05) is 53.4 Å². The first-order valence-corrected chi connectivity index (χ1v) is 10.2. The van der Waals surface area contributed by atoms with Crippen LogP contribution < -0.4 is 4.74 Å². The van der Waals surface area contributed by atoms with Gasteiger partial charge in [-0.05, 0) is 42.5 Å². The Morgan fingerprint density at radius 3 is 2.45 bits per heavy atom. The van der Waals surface area contributed by atoms with Crippen molar-refractivity contribution in [2.45, 2.75) is 0 Å². The number of benzene rings is 3. The van der Waals surface area contributed by atoms with E-state index < -0.39 is 0 Å². The molecule has 3 aromatic rings. The number of carbonyl (C=O) groups excluding carboxylic acids is 1. The number of fused-ring (bicyclic) bond motifs is 2. The monoisotopic (exact) mass is 408 g/mol. The second-order valence-corrected chi connectivity index (χ2v) is 7.47. The van der Waals surface area contributed by atoms with Crippen LogP contribution in [-0.2, 0) is 0 Å². The first kappa shape index (κ1) is 18.9. The van der Waals surface area contributed by atoms with Crippen LogP contribution in [0.5, 0.6) is 11.5 Å². The highest BCUT2D eigenvalue weighted by molar-refractivity contribution is 6.04. The summed E-state index contributed by atoms with van der Waals surface area (Å²) in [4.78, 5) is 21.9. The maximum Gasteiger partial charge on any atom is 0.254 e. The number of hydrogen-bond acceptors (Lipinski definition) is 5. The van der Waals surface area contributed by atoms with Crippen molar-refractivity contribution in [3.63, 3.8) is 0 Å². The van der Waals surface area contributed by atoms with Gasteiger partial charge in [0.05, 0.1) is 17.2 Å². The lowest BCUT2D eigenvalue weighted by Crippen LogP contribution is -2.50. The van der Waals surface area contributed by atoms with Gasteiger partial charge in [-0.3, -0.25) is 4.79 Å². The second kappa shape index (κ2) is 7.96. The fraction of sp³-hybridized carbons (Fsp3) is 0.160. The van der Waals surface area contributed by atoms with E-state index >= 15 is 0 Å². The largest absolute Gasteiger partial charge is 0.454 e. The van der Waals surface area contributed by atoms with Crippen LogP contribution >= 0.6 is 0 Å². The van der Waals surface area contributed by atoms with Crippen molar-refractivity contribution in [2.24, 2.45) is 4.99 Å². The highest BCUT2D eigenvalue weighted by atomic mass is 16.5. The van der Waals surface area contributed by atoms with Gasteiger partial charge < -0.3 is 14.5 Å². The third-order valence-electron chi connectivity index (χ3n) is 5.54. The lowest BCUT2D eigenvalue weighted by atomic mass is 10.1. The van der Waals surface area contributed by atoms with Crippen LogP contribution in [0.1, 0.15) is 21.5 Å². The molecule has 6 nitrogen and oxygen atoms in total. The van der Waals surface area contributed by atoms with Gasteiger partial charge in [0.1, 0.15) is 17.3 Å². The van der Waals surface area contributed by atoms with E-state index in [0.29, 0.717) is 37.3 Å². The number of nitrogens with zero attached hydrogens (tertiary/aromatic N) is 4. The van der Waals surface area contributed by atoms with Gasteiger partial charge in [0.15, 0.2) is 5.75 Å². The van der Waals surface area contributed by atoms with Crippen LogP contribution in [0.25, 0.3) is 0 Å². The molecule has 0 aliphatic carbocycles. The number of ether oxygens (including phenoxy) is 1. The molecule has 152 valence electrons. The maximum atomic E-state index is 12.9. The number of amidine groups is 1. The maximum absolute atomic E-state index is 12.9. The molecule has 5 rings (SSSR count). The smallest absolute Gasteiger partial charge is 0.254 e. The normalized spacial score (nSPS) is 15.0. The number of piperazine rings is 1. The van der Waals surface area contributed by atoms with E-state index in [-0.39, 0.29) is 5.91 Å². The summed E-state index contributed by atoms with van der Waals surface area (Å²) in [6.07, 6.45) is 0. The van der Waals surface area contributed by atoms with Crippen molar-refractivity contribution in [3.05, 3.63) is 89.5 Å². The summed E-state index contributed by atoms with van der Waals surface area (Å²) in [7, 11) is 0. The minimum absolute atomic E-state index is 0.0476. The van der Waals surface area contributed by atoms with Crippen LogP contribution in [0.15, 0.2) is 77.8 Å². The van der Waals surface area contributed by atoms with Gasteiger partial charge >= 0.3 is 0 Å². The molecule has 2 aliphatic heterocycles. The second-order valence-electron chi connectivity index (χ2n) is 7.47. The first-order valence-electron chi connectivity index (χ1n) is 10.2. The summed E-state index contributed by atoms with van der Waals surface area (Å²) in [6, 6.07) is 24.6. The molecule has 1 amide bonds. The molecular weight excluding hydrogens is 388 g/mol. The SMILES string of the molecule is N#Cc1cccc(C(=O)N2CCN(C3=Nc4ccccc4Oc4ccccc43)CC2)c1. The van der Waals surface area contributed by atoms with Crippen LogP contribution in [0.3, 0.4) is 0 Å². The number of rotatable bonds is 1. The van der Waals surface area contributed by atoms with Gasteiger partial charge in [0.25, 0.3) is 5.91 Å². The predicted molar refractivity (Wildman–Crippen MR) is 118 cm³/mol.